The van der Waals surface area contributed by atoms with Gasteiger partial charge in [0.05, 0.1) is 12.5 Å². The lowest BCUT2D eigenvalue weighted by atomic mass is 9.96. The third-order valence-corrected chi connectivity index (χ3v) is 5.35. The molecule has 2 aromatic carbocycles. The fraction of sp³-hybridized carbons (Fsp3) is 0.350. The van der Waals surface area contributed by atoms with Crippen LogP contribution in [0.3, 0.4) is 0 Å². The molecular formula is C20H20N2O3. The minimum Gasteiger partial charge on any atom is -0.456 e. The van der Waals surface area contributed by atoms with Gasteiger partial charge in [-0.1, -0.05) is 18.2 Å². The van der Waals surface area contributed by atoms with E-state index in [9.17, 15) is 4.79 Å². The van der Waals surface area contributed by atoms with E-state index in [-0.39, 0.29) is 11.8 Å². The molecule has 3 heterocycles. The predicted molar refractivity (Wildman–Crippen MR) is 96.6 cm³/mol. The van der Waals surface area contributed by atoms with Gasteiger partial charge in [-0.3, -0.25) is 9.69 Å². The molecule has 5 rings (SSSR count). The van der Waals surface area contributed by atoms with Crippen LogP contribution in [0.4, 0.5) is 5.69 Å². The Bertz CT molecular complexity index is 936. The van der Waals surface area contributed by atoms with Crippen molar-refractivity contribution in [2.24, 2.45) is 5.92 Å². The van der Waals surface area contributed by atoms with Gasteiger partial charge in [0.2, 0.25) is 5.91 Å². The standard InChI is InChI=1S/C20H20N2O3/c23-20(13-10-22(11-13)15-7-8-24-12-15)21-14-5-6-19-17(9-14)16-3-1-2-4-18(16)25-19/h1-6,9,13,15H,7-8,10-12H2,(H,21,23). The van der Waals surface area contributed by atoms with Gasteiger partial charge in [-0.2, -0.15) is 0 Å². The summed E-state index contributed by atoms with van der Waals surface area (Å²) in [5.74, 6) is 0.166. The van der Waals surface area contributed by atoms with Crippen LogP contribution in [0.25, 0.3) is 21.9 Å². The highest BCUT2D eigenvalue weighted by atomic mass is 16.5. The summed E-state index contributed by atoms with van der Waals surface area (Å²) in [6.07, 6.45) is 1.08. The van der Waals surface area contributed by atoms with Crippen LogP contribution in [-0.4, -0.2) is 43.2 Å². The number of carbonyl (C=O) groups is 1. The number of rotatable bonds is 3. The number of anilines is 1. The second-order valence-electron chi connectivity index (χ2n) is 6.97. The quantitative estimate of drug-likeness (QED) is 0.798. The number of furan rings is 1. The number of fused-ring (bicyclic) bond motifs is 3. The molecule has 0 radical (unpaired) electrons. The van der Waals surface area contributed by atoms with Gasteiger partial charge >= 0.3 is 0 Å². The van der Waals surface area contributed by atoms with Gasteiger partial charge in [0.1, 0.15) is 11.2 Å². The molecule has 1 atom stereocenters. The van der Waals surface area contributed by atoms with E-state index in [0.29, 0.717) is 6.04 Å². The Hall–Kier alpha value is -2.37. The Morgan fingerprint density at radius 3 is 2.76 bits per heavy atom. The fourth-order valence-electron chi connectivity index (χ4n) is 3.83. The first-order valence-corrected chi connectivity index (χ1v) is 8.82. The number of ether oxygens (including phenoxy) is 1. The van der Waals surface area contributed by atoms with E-state index in [4.69, 9.17) is 9.15 Å². The summed E-state index contributed by atoms with van der Waals surface area (Å²) in [7, 11) is 0. The second-order valence-corrected chi connectivity index (χ2v) is 6.97. The molecule has 5 heteroatoms. The maximum absolute atomic E-state index is 12.5. The van der Waals surface area contributed by atoms with Crippen LogP contribution in [0.1, 0.15) is 6.42 Å². The average molecular weight is 336 g/mol. The van der Waals surface area contributed by atoms with Gasteiger partial charge in [-0.05, 0) is 30.7 Å². The molecule has 5 nitrogen and oxygen atoms in total. The lowest BCUT2D eigenvalue weighted by Crippen LogP contribution is -2.56. The molecule has 0 saturated carbocycles. The SMILES string of the molecule is O=C(Nc1ccc2oc3ccccc3c2c1)C1CN(C2CCOC2)C1. The highest BCUT2D eigenvalue weighted by Crippen LogP contribution is 2.31. The van der Waals surface area contributed by atoms with E-state index >= 15 is 0 Å². The van der Waals surface area contributed by atoms with Gasteiger partial charge in [-0.25, -0.2) is 0 Å². The van der Waals surface area contributed by atoms with Crippen LogP contribution in [0.5, 0.6) is 0 Å². The van der Waals surface area contributed by atoms with Crippen LogP contribution >= 0.6 is 0 Å². The molecule has 128 valence electrons. The molecule has 0 spiro atoms. The molecule has 3 aromatic rings. The summed E-state index contributed by atoms with van der Waals surface area (Å²) in [6.45, 7) is 3.31. The van der Waals surface area contributed by atoms with Crippen molar-refractivity contribution in [3.05, 3.63) is 42.5 Å². The molecule has 25 heavy (non-hydrogen) atoms. The van der Waals surface area contributed by atoms with E-state index in [1.807, 2.05) is 42.5 Å². The topological polar surface area (TPSA) is 54.7 Å². The van der Waals surface area contributed by atoms with Crippen molar-refractivity contribution in [1.29, 1.82) is 0 Å². The molecule has 2 fully saturated rings. The van der Waals surface area contributed by atoms with Crippen LogP contribution in [-0.2, 0) is 9.53 Å². The normalized spacial score (nSPS) is 21.7. The minimum absolute atomic E-state index is 0.0670. The summed E-state index contributed by atoms with van der Waals surface area (Å²) >= 11 is 0. The Morgan fingerprint density at radius 2 is 1.92 bits per heavy atom. The third-order valence-electron chi connectivity index (χ3n) is 5.35. The van der Waals surface area contributed by atoms with Crippen LogP contribution < -0.4 is 5.32 Å². The van der Waals surface area contributed by atoms with Gasteiger partial charge in [0.15, 0.2) is 0 Å². The fourth-order valence-corrected chi connectivity index (χ4v) is 3.83. The summed E-state index contributed by atoms with van der Waals surface area (Å²) in [4.78, 5) is 14.9. The Kier molecular flexibility index (Phi) is 3.50. The zero-order valence-corrected chi connectivity index (χ0v) is 13.9. The van der Waals surface area contributed by atoms with E-state index in [0.717, 1.165) is 60.3 Å². The zero-order valence-electron chi connectivity index (χ0n) is 13.9. The lowest BCUT2D eigenvalue weighted by molar-refractivity contribution is -0.126. The van der Waals surface area contributed by atoms with E-state index in [1.165, 1.54) is 0 Å². The number of hydrogen-bond donors (Lipinski definition) is 1. The van der Waals surface area contributed by atoms with Crippen LogP contribution in [0, 0.1) is 5.92 Å². The van der Waals surface area contributed by atoms with Crippen LogP contribution in [0.15, 0.2) is 46.9 Å². The maximum atomic E-state index is 12.5. The van der Waals surface area contributed by atoms with E-state index in [1.54, 1.807) is 0 Å². The van der Waals surface area contributed by atoms with Crippen molar-refractivity contribution in [3.8, 4) is 0 Å². The Balaban J connectivity index is 1.30. The van der Waals surface area contributed by atoms with Crippen molar-refractivity contribution in [2.75, 3.05) is 31.6 Å². The number of nitrogens with zero attached hydrogens (tertiary/aromatic N) is 1. The molecule has 1 aromatic heterocycles. The first kappa shape index (κ1) is 14.9. The largest absolute Gasteiger partial charge is 0.456 e. The van der Waals surface area contributed by atoms with Crippen molar-refractivity contribution in [2.45, 2.75) is 12.5 Å². The smallest absolute Gasteiger partial charge is 0.230 e. The monoisotopic (exact) mass is 336 g/mol. The third kappa shape index (κ3) is 2.60. The Morgan fingerprint density at radius 1 is 1.08 bits per heavy atom. The molecular weight excluding hydrogens is 316 g/mol. The number of benzene rings is 2. The van der Waals surface area contributed by atoms with E-state index < -0.39 is 0 Å². The first-order chi connectivity index (χ1) is 12.3. The van der Waals surface area contributed by atoms with Crippen molar-refractivity contribution >= 4 is 33.5 Å². The minimum atomic E-state index is 0.0670. The summed E-state index contributed by atoms with van der Waals surface area (Å²) in [5.41, 5.74) is 2.54. The molecule has 2 aliphatic rings. The van der Waals surface area contributed by atoms with Gasteiger partial charge in [0, 0.05) is 42.2 Å². The molecule has 0 bridgehead atoms. The number of para-hydroxylation sites is 1. The van der Waals surface area contributed by atoms with E-state index in [2.05, 4.69) is 10.2 Å². The number of nitrogens with one attached hydrogen (secondary N) is 1. The van der Waals surface area contributed by atoms with Crippen LogP contribution in [0.2, 0.25) is 0 Å². The maximum Gasteiger partial charge on any atom is 0.230 e. The lowest BCUT2D eigenvalue weighted by Gasteiger charge is -2.41. The molecule has 2 saturated heterocycles. The number of likely N-dealkylation sites (tertiary alicyclic amines) is 1. The molecule has 1 unspecified atom stereocenters. The summed E-state index contributed by atoms with van der Waals surface area (Å²) < 4.78 is 11.3. The predicted octanol–water partition coefficient (Wildman–Crippen LogP) is 3.25. The Labute approximate surface area is 145 Å². The number of amides is 1. The van der Waals surface area contributed by atoms with Gasteiger partial charge in [0.25, 0.3) is 0 Å². The molecule has 2 aliphatic heterocycles. The van der Waals surface area contributed by atoms with Crippen molar-refractivity contribution < 1.29 is 13.9 Å². The second kappa shape index (κ2) is 5.86. The molecule has 0 aliphatic carbocycles. The highest BCUT2D eigenvalue weighted by molar-refractivity contribution is 6.07. The first-order valence-electron chi connectivity index (χ1n) is 8.82. The average Bonchev–Trinajstić information content (AvgIpc) is 3.21. The molecule has 1 amide bonds. The van der Waals surface area contributed by atoms with Crippen molar-refractivity contribution in [1.82, 2.24) is 4.90 Å². The highest BCUT2D eigenvalue weighted by Gasteiger charge is 2.37. The van der Waals surface area contributed by atoms with Gasteiger partial charge in [-0.15, -0.1) is 0 Å². The number of carbonyl (C=O) groups excluding carboxylic acids is 1. The summed E-state index contributed by atoms with van der Waals surface area (Å²) in [6, 6.07) is 14.3. The zero-order chi connectivity index (χ0) is 16.8. The molecule has 1 N–H and O–H groups in total. The van der Waals surface area contributed by atoms with Gasteiger partial charge < -0.3 is 14.5 Å². The van der Waals surface area contributed by atoms with Crippen molar-refractivity contribution in [3.63, 3.8) is 0 Å². The summed E-state index contributed by atoms with van der Waals surface area (Å²) in [5, 5.41) is 5.17. The number of hydrogen-bond acceptors (Lipinski definition) is 4.